The van der Waals surface area contributed by atoms with Gasteiger partial charge in [0.05, 0.1) is 19.6 Å². The van der Waals surface area contributed by atoms with E-state index in [0.717, 1.165) is 11.2 Å². The van der Waals surface area contributed by atoms with Gasteiger partial charge in [-0.1, -0.05) is 65.9 Å². The number of rotatable bonds is 18. The molecule has 0 saturated heterocycles. The normalized spacial score (nSPS) is 11.0. The van der Waals surface area contributed by atoms with Crippen molar-refractivity contribution in [1.82, 2.24) is 5.32 Å². The summed E-state index contributed by atoms with van der Waals surface area (Å²) < 4.78 is 1.07. The maximum absolute atomic E-state index is 11.7. The van der Waals surface area contributed by atoms with Crippen molar-refractivity contribution in [3.05, 3.63) is 12.7 Å². The summed E-state index contributed by atoms with van der Waals surface area (Å²) in [6, 6.07) is 0. The molecule has 0 unspecified atom stereocenters. The highest BCUT2D eigenvalue weighted by Crippen LogP contribution is 2.16. The quantitative estimate of drug-likeness (QED) is 0.166. The highest BCUT2D eigenvalue weighted by Gasteiger charge is 2.26. The van der Waals surface area contributed by atoms with E-state index in [1.54, 1.807) is 0 Å². The Hall–Kier alpha value is -0.540. The Labute approximate surface area is 170 Å². The topological polar surface area (TPSA) is 29.1 Å². The molecule has 26 heavy (non-hydrogen) atoms. The van der Waals surface area contributed by atoms with Crippen LogP contribution in [0.2, 0.25) is 0 Å². The third kappa shape index (κ3) is 14.6. The molecule has 0 atom stereocenters. The first-order valence-electron chi connectivity index (χ1n) is 10.9. The second-order valence-electron chi connectivity index (χ2n) is 7.60. The Morgan fingerprint density at radius 2 is 1.15 bits per heavy atom. The molecule has 0 aromatic carbocycles. The largest absolute Gasteiger partial charge is 1.00 e. The van der Waals surface area contributed by atoms with Crippen LogP contribution in [0.3, 0.4) is 0 Å². The lowest BCUT2D eigenvalue weighted by Gasteiger charge is -2.39. The van der Waals surface area contributed by atoms with E-state index in [2.05, 4.69) is 32.7 Å². The van der Waals surface area contributed by atoms with Gasteiger partial charge in [0.2, 0.25) is 5.91 Å². The van der Waals surface area contributed by atoms with Gasteiger partial charge in [0.1, 0.15) is 0 Å². The summed E-state index contributed by atoms with van der Waals surface area (Å²) in [5.74, 6) is -0.0295. The molecule has 0 aliphatic carbocycles. The van der Waals surface area contributed by atoms with E-state index in [4.69, 9.17) is 0 Å². The van der Waals surface area contributed by atoms with Gasteiger partial charge in [0.25, 0.3) is 0 Å². The summed E-state index contributed by atoms with van der Waals surface area (Å²) in [7, 11) is 0. The molecule has 1 amide bonds. The Morgan fingerprint density at radius 1 is 0.769 bits per heavy atom. The van der Waals surface area contributed by atoms with E-state index < -0.39 is 0 Å². The van der Waals surface area contributed by atoms with E-state index in [-0.39, 0.29) is 18.3 Å². The van der Waals surface area contributed by atoms with Crippen LogP contribution >= 0.6 is 0 Å². The smallest absolute Gasteiger partial charge is 0.247 e. The van der Waals surface area contributed by atoms with Gasteiger partial charge < -0.3 is 22.2 Å². The van der Waals surface area contributed by atoms with Gasteiger partial charge in [-0.2, -0.15) is 0 Å². The summed E-state index contributed by atoms with van der Waals surface area (Å²) in [4.78, 5) is 11.7. The third-order valence-electron chi connectivity index (χ3n) is 5.23. The van der Waals surface area contributed by atoms with Crippen molar-refractivity contribution in [2.24, 2.45) is 0 Å². The number of quaternary nitrogens is 1. The van der Waals surface area contributed by atoms with Gasteiger partial charge in [-0.05, 0) is 44.6 Å². The number of carbonyl (C=O) groups is 1. The highest BCUT2D eigenvalue weighted by atomic mass is 35.5. The van der Waals surface area contributed by atoms with Gasteiger partial charge in [0.15, 0.2) is 6.67 Å². The minimum atomic E-state index is -0.0295. The fraction of sp³-hybridized carbons (Fsp3) is 0.864. The predicted molar refractivity (Wildman–Crippen MR) is 110 cm³/mol. The molecule has 0 rings (SSSR count). The molecule has 4 heteroatoms. The number of carbonyl (C=O) groups excluding carboxylic acids is 1. The summed E-state index contributed by atoms with van der Waals surface area (Å²) in [5, 5.41) is 3.11. The minimum Gasteiger partial charge on any atom is -1.00 e. The van der Waals surface area contributed by atoms with Crippen LogP contribution in [0.15, 0.2) is 12.7 Å². The molecule has 0 aliphatic rings. The van der Waals surface area contributed by atoms with Crippen molar-refractivity contribution < 1.29 is 21.7 Å². The maximum atomic E-state index is 11.7. The molecular weight excluding hydrogens is 344 g/mol. The van der Waals surface area contributed by atoms with Crippen LogP contribution < -0.4 is 17.7 Å². The van der Waals surface area contributed by atoms with Crippen molar-refractivity contribution in [3.63, 3.8) is 0 Å². The Balaban J connectivity index is 0. The van der Waals surface area contributed by atoms with Crippen molar-refractivity contribution in [2.75, 3.05) is 26.3 Å². The van der Waals surface area contributed by atoms with E-state index in [0.29, 0.717) is 0 Å². The molecule has 1 N–H and O–H groups in total. The van der Waals surface area contributed by atoms with Gasteiger partial charge in [-0.3, -0.25) is 4.79 Å². The predicted octanol–water partition coefficient (Wildman–Crippen LogP) is 2.81. The van der Waals surface area contributed by atoms with Crippen LogP contribution in [-0.2, 0) is 4.79 Å². The maximum Gasteiger partial charge on any atom is 0.247 e. The lowest BCUT2D eigenvalue weighted by molar-refractivity contribution is -0.930. The first-order valence-corrected chi connectivity index (χ1v) is 10.9. The first kappa shape index (κ1) is 27.7. The number of halogens is 1. The number of nitrogens with one attached hydrogen (secondary N) is 1. The fourth-order valence-electron chi connectivity index (χ4n) is 3.51. The van der Waals surface area contributed by atoms with Gasteiger partial charge >= 0.3 is 0 Å². The standard InChI is InChI=1S/C22H44N2O.ClH/c1-5-9-12-15-18-24(19-16-13-10-6-2,20-17-14-11-7-3)21-23-22(25)8-4;/h8H,4-7,9-21H2,1-3H3;1H. The first-order chi connectivity index (χ1) is 12.1. The molecule has 0 bridgehead atoms. The number of amides is 1. The fourth-order valence-corrected chi connectivity index (χ4v) is 3.51. The average Bonchev–Trinajstić information content (AvgIpc) is 2.63. The Bertz CT molecular complexity index is 303. The van der Waals surface area contributed by atoms with E-state index in [9.17, 15) is 4.79 Å². The van der Waals surface area contributed by atoms with Gasteiger partial charge in [-0.25, -0.2) is 0 Å². The lowest BCUT2D eigenvalue weighted by atomic mass is 10.1. The van der Waals surface area contributed by atoms with E-state index in [1.807, 2.05) is 0 Å². The average molecular weight is 389 g/mol. The van der Waals surface area contributed by atoms with E-state index >= 15 is 0 Å². The molecule has 0 aromatic rings. The molecule has 0 radical (unpaired) electrons. The summed E-state index contributed by atoms with van der Waals surface area (Å²) in [6.07, 6.45) is 17.0. The monoisotopic (exact) mass is 388 g/mol. The van der Waals surface area contributed by atoms with Crippen molar-refractivity contribution in [3.8, 4) is 0 Å². The van der Waals surface area contributed by atoms with Crippen molar-refractivity contribution >= 4 is 5.91 Å². The molecule has 0 fully saturated rings. The van der Waals surface area contributed by atoms with Crippen LogP contribution in [0.5, 0.6) is 0 Å². The minimum absolute atomic E-state index is 0. The summed E-state index contributed by atoms with van der Waals surface area (Å²) in [6.45, 7) is 14.8. The number of unbranched alkanes of at least 4 members (excludes halogenated alkanes) is 9. The SMILES string of the molecule is C=CC(=O)NC[N+](CCCCCC)(CCCCCC)CCCCCC.[Cl-]. The van der Waals surface area contributed by atoms with Crippen LogP contribution in [0, 0.1) is 0 Å². The van der Waals surface area contributed by atoms with Crippen LogP contribution in [0.1, 0.15) is 97.8 Å². The number of hydrogen-bond donors (Lipinski definition) is 1. The molecule has 0 heterocycles. The third-order valence-corrected chi connectivity index (χ3v) is 5.23. The summed E-state index contributed by atoms with van der Waals surface area (Å²) >= 11 is 0. The second-order valence-corrected chi connectivity index (χ2v) is 7.60. The van der Waals surface area contributed by atoms with E-state index in [1.165, 1.54) is 103 Å². The number of nitrogens with zero attached hydrogens (tertiary/aromatic N) is 1. The molecule has 0 aliphatic heterocycles. The van der Waals surface area contributed by atoms with Crippen molar-refractivity contribution in [2.45, 2.75) is 97.8 Å². The van der Waals surface area contributed by atoms with Gasteiger partial charge in [0, 0.05) is 0 Å². The molecular formula is C22H45ClN2O. The molecule has 3 nitrogen and oxygen atoms in total. The van der Waals surface area contributed by atoms with Gasteiger partial charge in [-0.15, -0.1) is 0 Å². The second kappa shape index (κ2) is 19.2. The Morgan fingerprint density at radius 3 is 1.46 bits per heavy atom. The van der Waals surface area contributed by atoms with Crippen molar-refractivity contribution in [1.29, 1.82) is 0 Å². The molecule has 0 aromatic heterocycles. The molecule has 0 spiro atoms. The highest BCUT2D eigenvalue weighted by molar-refractivity contribution is 5.86. The lowest BCUT2D eigenvalue weighted by Crippen LogP contribution is -3.00. The van der Waals surface area contributed by atoms with Crippen LogP contribution in [0.25, 0.3) is 0 Å². The molecule has 0 saturated carbocycles. The summed E-state index contributed by atoms with van der Waals surface area (Å²) in [5.41, 5.74) is 0. The molecule has 156 valence electrons. The zero-order chi connectivity index (χ0) is 18.8. The zero-order valence-corrected chi connectivity index (χ0v) is 18.6. The van der Waals surface area contributed by atoms with Crippen LogP contribution in [0.4, 0.5) is 0 Å². The number of hydrogen-bond acceptors (Lipinski definition) is 1. The van der Waals surface area contributed by atoms with Crippen LogP contribution in [-0.4, -0.2) is 36.7 Å². The zero-order valence-electron chi connectivity index (χ0n) is 17.8. The Kier molecular flexibility index (Phi) is 20.5.